The van der Waals surface area contributed by atoms with Crippen LogP contribution in [0.15, 0.2) is 29.6 Å². The average molecular weight is 285 g/mol. The Morgan fingerprint density at radius 1 is 1.44 bits per heavy atom. The first-order valence-electron chi connectivity index (χ1n) is 5.22. The Hall–Kier alpha value is -1.46. The van der Waals surface area contributed by atoms with Crippen LogP contribution in [0.4, 0.5) is 10.1 Å². The van der Waals surface area contributed by atoms with E-state index in [-0.39, 0.29) is 18.0 Å². The molecule has 0 spiro atoms. The van der Waals surface area contributed by atoms with Crippen molar-refractivity contribution in [1.29, 1.82) is 0 Å². The highest BCUT2D eigenvalue weighted by Gasteiger charge is 2.09. The molecule has 1 amide bonds. The zero-order valence-electron chi connectivity index (χ0n) is 9.32. The number of benzene rings is 1. The van der Waals surface area contributed by atoms with E-state index in [9.17, 15) is 9.18 Å². The lowest BCUT2D eigenvalue weighted by molar-refractivity contribution is -0.115. The maximum atomic E-state index is 13.3. The number of thiazole rings is 1. The Balaban J connectivity index is 1.99. The number of hydrogen-bond acceptors (Lipinski definition) is 3. The van der Waals surface area contributed by atoms with Crippen LogP contribution in [-0.2, 0) is 17.1 Å². The van der Waals surface area contributed by atoms with Crippen molar-refractivity contribution < 1.29 is 9.18 Å². The molecule has 94 valence electrons. The molecular formula is C12H10ClFN2OS. The molecular weight excluding hydrogens is 275 g/mol. The van der Waals surface area contributed by atoms with Gasteiger partial charge in [-0.15, -0.1) is 22.9 Å². The van der Waals surface area contributed by atoms with Gasteiger partial charge >= 0.3 is 0 Å². The largest absolute Gasteiger partial charge is 0.323 e. The number of para-hydroxylation sites is 1. The summed E-state index contributed by atoms with van der Waals surface area (Å²) in [5, 5.41) is 4.98. The summed E-state index contributed by atoms with van der Waals surface area (Å²) in [6.45, 7) is 0. The Morgan fingerprint density at radius 2 is 2.22 bits per heavy atom. The number of rotatable bonds is 4. The summed E-state index contributed by atoms with van der Waals surface area (Å²) < 4.78 is 13.3. The van der Waals surface area contributed by atoms with Crippen molar-refractivity contribution in [2.75, 3.05) is 5.32 Å². The van der Waals surface area contributed by atoms with Crippen LogP contribution in [0.1, 0.15) is 10.7 Å². The fraction of sp³-hybridized carbons (Fsp3) is 0.167. The van der Waals surface area contributed by atoms with E-state index in [4.69, 9.17) is 11.6 Å². The molecule has 1 heterocycles. The van der Waals surface area contributed by atoms with E-state index in [1.807, 2.05) is 0 Å². The number of anilines is 1. The molecule has 2 rings (SSSR count). The van der Waals surface area contributed by atoms with Crippen molar-refractivity contribution in [2.24, 2.45) is 0 Å². The van der Waals surface area contributed by atoms with Crippen molar-refractivity contribution >= 4 is 34.5 Å². The third-order valence-electron chi connectivity index (χ3n) is 2.20. The molecule has 1 N–H and O–H groups in total. The number of halogens is 2. The van der Waals surface area contributed by atoms with Gasteiger partial charge in [-0.3, -0.25) is 4.79 Å². The van der Waals surface area contributed by atoms with E-state index >= 15 is 0 Å². The summed E-state index contributed by atoms with van der Waals surface area (Å²) in [5.41, 5.74) is 0.923. The van der Waals surface area contributed by atoms with Gasteiger partial charge in [0.05, 0.1) is 23.7 Å². The van der Waals surface area contributed by atoms with Crippen LogP contribution in [0.2, 0.25) is 0 Å². The van der Waals surface area contributed by atoms with Crippen molar-refractivity contribution in [2.45, 2.75) is 12.3 Å². The van der Waals surface area contributed by atoms with Crippen LogP contribution < -0.4 is 5.32 Å². The molecule has 3 nitrogen and oxygen atoms in total. The van der Waals surface area contributed by atoms with E-state index in [0.717, 1.165) is 5.69 Å². The molecule has 2 aromatic rings. The zero-order chi connectivity index (χ0) is 13.0. The number of alkyl halides is 1. The minimum atomic E-state index is -0.452. The number of aromatic nitrogens is 1. The third-order valence-corrected chi connectivity index (χ3v) is 3.37. The minimum Gasteiger partial charge on any atom is -0.323 e. The fourth-order valence-electron chi connectivity index (χ4n) is 1.39. The van der Waals surface area contributed by atoms with Gasteiger partial charge in [0.15, 0.2) is 0 Å². The van der Waals surface area contributed by atoms with Crippen molar-refractivity contribution in [1.82, 2.24) is 4.98 Å². The summed E-state index contributed by atoms with van der Waals surface area (Å²) in [4.78, 5) is 15.9. The number of nitrogens with one attached hydrogen (secondary N) is 1. The van der Waals surface area contributed by atoms with Gasteiger partial charge in [-0.25, -0.2) is 9.37 Å². The zero-order valence-corrected chi connectivity index (χ0v) is 10.9. The molecule has 18 heavy (non-hydrogen) atoms. The first kappa shape index (κ1) is 13.0. The van der Waals surface area contributed by atoms with Gasteiger partial charge in [0, 0.05) is 5.38 Å². The minimum absolute atomic E-state index is 0.121. The number of carbonyl (C=O) groups excluding carboxylic acids is 1. The third kappa shape index (κ3) is 3.27. The lowest BCUT2D eigenvalue weighted by Gasteiger charge is -2.04. The van der Waals surface area contributed by atoms with E-state index in [2.05, 4.69) is 10.3 Å². The maximum Gasteiger partial charge on any atom is 0.231 e. The van der Waals surface area contributed by atoms with Crippen molar-refractivity contribution in [3.8, 4) is 0 Å². The molecule has 0 aliphatic heterocycles. The maximum absolute atomic E-state index is 13.3. The van der Waals surface area contributed by atoms with E-state index < -0.39 is 5.82 Å². The quantitative estimate of drug-likeness (QED) is 0.876. The van der Waals surface area contributed by atoms with E-state index in [1.54, 1.807) is 17.5 Å². The molecule has 0 bridgehead atoms. The second-order valence-corrected chi connectivity index (χ2v) is 4.78. The van der Waals surface area contributed by atoms with Crippen LogP contribution in [-0.4, -0.2) is 10.9 Å². The van der Waals surface area contributed by atoms with Crippen LogP contribution in [0.3, 0.4) is 0 Å². The predicted octanol–water partition coefficient (Wildman–Crippen LogP) is 3.20. The molecule has 0 saturated heterocycles. The molecule has 0 aliphatic carbocycles. The van der Waals surface area contributed by atoms with Gasteiger partial charge in [-0.2, -0.15) is 0 Å². The molecule has 6 heteroatoms. The van der Waals surface area contributed by atoms with Gasteiger partial charge < -0.3 is 5.32 Å². The lowest BCUT2D eigenvalue weighted by atomic mass is 10.3. The number of amides is 1. The Labute approximate surface area is 113 Å². The first-order chi connectivity index (χ1) is 8.69. The Kier molecular flexibility index (Phi) is 4.28. The Morgan fingerprint density at radius 3 is 2.89 bits per heavy atom. The highest BCUT2D eigenvalue weighted by Crippen LogP contribution is 2.15. The first-order valence-corrected chi connectivity index (χ1v) is 6.64. The predicted molar refractivity (Wildman–Crippen MR) is 70.4 cm³/mol. The smallest absolute Gasteiger partial charge is 0.231 e. The summed E-state index contributed by atoms with van der Waals surface area (Å²) in [7, 11) is 0. The number of hydrogen-bond donors (Lipinski definition) is 1. The van der Waals surface area contributed by atoms with Gasteiger partial charge in [-0.05, 0) is 12.1 Å². The summed E-state index contributed by atoms with van der Waals surface area (Å²) in [6, 6.07) is 6.04. The van der Waals surface area contributed by atoms with Crippen molar-refractivity contribution in [3.05, 3.63) is 46.2 Å². The summed E-state index contributed by atoms with van der Waals surface area (Å²) >= 11 is 6.99. The lowest BCUT2D eigenvalue weighted by Crippen LogP contribution is -2.15. The van der Waals surface area contributed by atoms with Crippen LogP contribution >= 0.6 is 22.9 Å². The van der Waals surface area contributed by atoms with Gasteiger partial charge in [0.2, 0.25) is 5.91 Å². The van der Waals surface area contributed by atoms with Crippen LogP contribution in [0.5, 0.6) is 0 Å². The molecule has 0 radical (unpaired) electrons. The Bertz CT molecular complexity index is 559. The number of carbonyl (C=O) groups is 1. The molecule has 1 aromatic heterocycles. The molecule has 1 aromatic carbocycles. The normalized spacial score (nSPS) is 10.3. The van der Waals surface area contributed by atoms with Gasteiger partial charge in [-0.1, -0.05) is 12.1 Å². The highest BCUT2D eigenvalue weighted by atomic mass is 35.5. The summed E-state index contributed by atoms with van der Waals surface area (Å²) in [6.07, 6.45) is 0.121. The second kappa shape index (κ2) is 5.93. The monoisotopic (exact) mass is 284 g/mol. The van der Waals surface area contributed by atoms with Gasteiger partial charge in [0.25, 0.3) is 0 Å². The average Bonchev–Trinajstić information content (AvgIpc) is 2.80. The summed E-state index contributed by atoms with van der Waals surface area (Å²) in [5.74, 6) is -0.423. The molecule has 0 aliphatic rings. The molecule has 0 unspecified atom stereocenters. The van der Waals surface area contributed by atoms with E-state index in [1.165, 1.54) is 23.5 Å². The standard InChI is InChI=1S/C12H10ClFN2OS/c13-6-8-7-18-12(15-8)5-11(17)16-10-4-2-1-3-9(10)14/h1-4,7H,5-6H2,(H,16,17). The number of nitrogens with zero attached hydrogens (tertiary/aromatic N) is 1. The highest BCUT2D eigenvalue weighted by molar-refractivity contribution is 7.09. The fourth-order valence-corrected chi connectivity index (χ4v) is 2.41. The topological polar surface area (TPSA) is 42.0 Å². The SMILES string of the molecule is O=C(Cc1nc(CCl)cs1)Nc1ccccc1F. The van der Waals surface area contributed by atoms with Crippen molar-refractivity contribution in [3.63, 3.8) is 0 Å². The van der Waals surface area contributed by atoms with Gasteiger partial charge in [0.1, 0.15) is 10.8 Å². The van der Waals surface area contributed by atoms with Crippen LogP contribution in [0, 0.1) is 5.82 Å². The van der Waals surface area contributed by atoms with Crippen LogP contribution in [0.25, 0.3) is 0 Å². The second-order valence-electron chi connectivity index (χ2n) is 3.57. The molecule has 0 atom stereocenters. The van der Waals surface area contributed by atoms with E-state index in [0.29, 0.717) is 10.9 Å². The molecule has 0 saturated carbocycles. The molecule has 0 fully saturated rings.